The number of carbonyl (C=O) groups excluding carboxylic acids is 1. The number of fused-ring (bicyclic) bond motifs is 2. The van der Waals surface area contributed by atoms with Crippen LogP contribution in [-0.2, 0) is 16.6 Å². The van der Waals surface area contributed by atoms with Gasteiger partial charge in [-0.05, 0) is 90.5 Å². The second-order valence-electron chi connectivity index (χ2n) is 11.6. The fourth-order valence-corrected chi connectivity index (χ4v) is 5.76. The standard InChI is InChI=1S/C31H42N2O3/c1-19-12-13-26-25(18-19)30(6,7)23(5)33(26)17-11-9-10-16-32-29(35)31(8)15-14-24-22(4)27(34)20(2)21(3)28(24)36-31/h12-13,18H,9-11,14-17H2,1-8H3,(H-,32,34,35)/p+1. The number of hydrogen-bond donors (Lipinski definition) is 2. The third-order valence-corrected chi connectivity index (χ3v) is 8.77. The van der Waals surface area contributed by atoms with Crippen molar-refractivity contribution in [2.75, 3.05) is 13.1 Å². The van der Waals surface area contributed by atoms with E-state index in [4.69, 9.17) is 4.74 Å². The molecule has 5 nitrogen and oxygen atoms in total. The van der Waals surface area contributed by atoms with E-state index in [1.807, 2.05) is 27.7 Å². The monoisotopic (exact) mass is 491 g/mol. The van der Waals surface area contributed by atoms with Crippen molar-refractivity contribution in [1.29, 1.82) is 0 Å². The highest BCUT2D eigenvalue weighted by molar-refractivity contribution is 5.93. The molecule has 5 heteroatoms. The Balaban J connectivity index is 1.29. The molecule has 0 saturated heterocycles. The highest BCUT2D eigenvalue weighted by atomic mass is 16.5. The molecule has 2 aliphatic heterocycles. The van der Waals surface area contributed by atoms with E-state index in [0.29, 0.717) is 18.7 Å². The van der Waals surface area contributed by atoms with Crippen LogP contribution in [0.5, 0.6) is 11.5 Å². The first kappa shape index (κ1) is 26.2. The number of nitrogens with one attached hydrogen (secondary N) is 1. The third kappa shape index (κ3) is 4.42. The maximum Gasteiger partial charge on any atom is 0.263 e. The van der Waals surface area contributed by atoms with Crippen LogP contribution in [0.3, 0.4) is 0 Å². The number of unbranched alkanes of at least 4 members (excludes halogenated alkanes) is 2. The topological polar surface area (TPSA) is 61.6 Å². The van der Waals surface area contributed by atoms with Gasteiger partial charge in [-0.3, -0.25) is 4.79 Å². The summed E-state index contributed by atoms with van der Waals surface area (Å²) in [7, 11) is 0. The van der Waals surface area contributed by atoms with E-state index in [1.165, 1.54) is 22.5 Å². The first-order valence-corrected chi connectivity index (χ1v) is 13.4. The Kier molecular flexibility index (Phi) is 6.98. The number of aromatic hydroxyl groups is 1. The number of carbonyl (C=O) groups is 1. The number of hydrogen-bond acceptors (Lipinski definition) is 3. The van der Waals surface area contributed by atoms with Crippen molar-refractivity contribution in [2.45, 2.75) is 98.5 Å². The van der Waals surface area contributed by atoms with Gasteiger partial charge in [0.2, 0.25) is 5.69 Å². The third-order valence-electron chi connectivity index (χ3n) is 8.77. The average molecular weight is 492 g/mol. The van der Waals surface area contributed by atoms with Crippen LogP contribution >= 0.6 is 0 Å². The van der Waals surface area contributed by atoms with E-state index < -0.39 is 5.60 Å². The predicted molar refractivity (Wildman–Crippen MR) is 146 cm³/mol. The fourth-order valence-electron chi connectivity index (χ4n) is 5.76. The Labute approximate surface area is 216 Å². The summed E-state index contributed by atoms with van der Waals surface area (Å²) in [6.07, 6.45) is 4.42. The van der Waals surface area contributed by atoms with Gasteiger partial charge in [-0.1, -0.05) is 11.6 Å². The number of phenols is 1. The lowest BCUT2D eigenvalue weighted by atomic mass is 9.82. The molecule has 4 rings (SSSR count). The van der Waals surface area contributed by atoms with Gasteiger partial charge in [-0.2, -0.15) is 4.58 Å². The summed E-state index contributed by atoms with van der Waals surface area (Å²) in [5.74, 6) is 1.06. The molecule has 0 fully saturated rings. The Bertz CT molecular complexity index is 1240. The quantitative estimate of drug-likeness (QED) is 0.364. The molecule has 2 aromatic carbocycles. The second kappa shape index (κ2) is 9.57. The number of amides is 1. The van der Waals surface area contributed by atoms with Gasteiger partial charge in [0.05, 0.1) is 5.41 Å². The molecular weight excluding hydrogens is 448 g/mol. The predicted octanol–water partition coefficient (Wildman–Crippen LogP) is 6.09. The summed E-state index contributed by atoms with van der Waals surface area (Å²) in [5, 5.41) is 13.5. The fraction of sp³-hybridized carbons (Fsp3) is 0.548. The molecule has 2 N–H and O–H groups in total. The summed E-state index contributed by atoms with van der Waals surface area (Å²) in [5.41, 5.74) is 8.29. The second-order valence-corrected chi connectivity index (χ2v) is 11.6. The molecule has 194 valence electrons. The SMILES string of the molecule is CC1=[N+](CCCCCNC(=O)C2(C)CCc3c(C)c(O)c(C)c(C)c3O2)c2ccc(C)cc2C1(C)C. The number of rotatable bonds is 7. The van der Waals surface area contributed by atoms with Crippen LogP contribution in [0.2, 0.25) is 0 Å². The van der Waals surface area contributed by atoms with E-state index in [9.17, 15) is 9.90 Å². The molecule has 2 aliphatic rings. The minimum Gasteiger partial charge on any atom is -0.507 e. The highest BCUT2D eigenvalue weighted by Gasteiger charge is 2.43. The Morgan fingerprint density at radius 2 is 1.75 bits per heavy atom. The summed E-state index contributed by atoms with van der Waals surface area (Å²) < 4.78 is 8.79. The number of phenolic OH excluding ortho intramolecular Hbond substituents is 1. The number of ether oxygens (including phenoxy) is 1. The number of nitrogens with zero attached hydrogens (tertiary/aromatic N) is 1. The van der Waals surface area contributed by atoms with Crippen LogP contribution in [0, 0.1) is 27.7 Å². The lowest BCUT2D eigenvalue weighted by Crippen LogP contribution is -2.51. The van der Waals surface area contributed by atoms with E-state index >= 15 is 0 Å². The van der Waals surface area contributed by atoms with Gasteiger partial charge in [-0.25, -0.2) is 0 Å². The first-order valence-electron chi connectivity index (χ1n) is 13.4. The zero-order valence-electron chi connectivity index (χ0n) is 23.4. The lowest BCUT2D eigenvalue weighted by Gasteiger charge is -2.36. The van der Waals surface area contributed by atoms with Crippen molar-refractivity contribution in [3.05, 3.63) is 51.6 Å². The van der Waals surface area contributed by atoms with Crippen LogP contribution in [0.1, 0.15) is 86.8 Å². The molecule has 0 saturated carbocycles. The van der Waals surface area contributed by atoms with Crippen molar-refractivity contribution in [3.63, 3.8) is 0 Å². The Hall–Kier alpha value is -2.82. The number of benzene rings is 2. The number of aryl methyl sites for hydroxylation is 1. The molecular formula is C31H43N2O3+. The smallest absolute Gasteiger partial charge is 0.263 e. The van der Waals surface area contributed by atoms with Crippen molar-refractivity contribution in [3.8, 4) is 11.5 Å². The highest BCUT2D eigenvalue weighted by Crippen LogP contribution is 2.43. The van der Waals surface area contributed by atoms with E-state index in [-0.39, 0.29) is 11.3 Å². The van der Waals surface area contributed by atoms with Crippen LogP contribution in [0.15, 0.2) is 18.2 Å². The molecule has 0 aliphatic carbocycles. The minimum absolute atomic E-state index is 0.0503. The van der Waals surface area contributed by atoms with Gasteiger partial charge in [0, 0.05) is 43.5 Å². The van der Waals surface area contributed by atoms with Gasteiger partial charge >= 0.3 is 0 Å². The molecule has 0 bridgehead atoms. The summed E-state index contributed by atoms with van der Waals surface area (Å²) in [4.78, 5) is 13.1. The molecule has 2 heterocycles. The van der Waals surface area contributed by atoms with E-state index in [2.05, 4.69) is 55.8 Å². The molecule has 1 unspecified atom stereocenters. The molecule has 0 radical (unpaired) electrons. The first-order chi connectivity index (χ1) is 16.9. The molecule has 1 atom stereocenters. The normalized spacial score (nSPS) is 20.1. The zero-order chi connectivity index (χ0) is 26.4. The molecule has 36 heavy (non-hydrogen) atoms. The Morgan fingerprint density at radius 1 is 1.03 bits per heavy atom. The van der Waals surface area contributed by atoms with Crippen molar-refractivity contribution in [2.24, 2.45) is 0 Å². The molecule has 2 aromatic rings. The van der Waals surface area contributed by atoms with Crippen molar-refractivity contribution >= 4 is 17.3 Å². The molecule has 1 amide bonds. The maximum atomic E-state index is 13.1. The minimum atomic E-state index is -0.886. The summed E-state index contributed by atoms with van der Waals surface area (Å²) in [6, 6.07) is 6.79. The Morgan fingerprint density at radius 3 is 2.47 bits per heavy atom. The van der Waals surface area contributed by atoms with Gasteiger partial charge in [0.25, 0.3) is 5.91 Å². The van der Waals surface area contributed by atoms with Crippen molar-refractivity contribution < 1.29 is 19.2 Å². The maximum absolute atomic E-state index is 13.1. The lowest BCUT2D eigenvalue weighted by molar-refractivity contribution is -0.439. The van der Waals surface area contributed by atoms with Gasteiger partial charge in [0.1, 0.15) is 18.0 Å². The summed E-state index contributed by atoms with van der Waals surface area (Å²) in [6.45, 7) is 18.4. The van der Waals surface area contributed by atoms with E-state index in [1.54, 1.807) is 0 Å². The van der Waals surface area contributed by atoms with Crippen LogP contribution in [0.4, 0.5) is 5.69 Å². The van der Waals surface area contributed by atoms with Gasteiger partial charge in [-0.15, -0.1) is 0 Å². The van der Waals surface area contributed by atoms with Crippen LogP contribution < -0.4 is 10.1 Å². The summed E-state index contributed by atoms with van der Waals surface area (Å²) >= 11 is 0. The van der Waals surface area contributed by atoms with E-state index in [0.717, 1.165) is 60.2 Å². The van der Waals surface area contributed by atoms with Crippen LogP contribution in [-0.4, -0.2) is 40.0 Å². The van der Waals surface area contributed by atoms with Gasteiger partial charge in [0.15, 0.2) is 11.3 Å². The van der Waals surface area contributed by atoms with Gasteiger partial charge < -0.3 is 15.2 Å². The average Bonchev–Trinajstić information content (AvgIpc) is 3.03. The van der Waals surface area contributed by atoms with Crippen molar-refractivity contribution in [1.82, 2.24) is 5.32 Å². The molecule has 0 aromatic heterocycles. The molecule has 0 spiro atoms. The zero-order valence-corrected chi connectivity index (χ0v) is 23.4. The largest absolute Gasteiger partial charge is 0.507 e. The van der Waals surface area contributed by atoms with Crippen LogP contribution in [0.25, 0.3) is 0 Å².